The van der Waals surface area contributed by atoms with Gasteiger partial charge in [-0.05, 0) is 38.6 Å². The van der Waals surface area contributed by atoms with E-state index in [2.05, 4.69) is 29.1 Å². The minimum absolute atomic E-state index is 0.562. The highest BCUT2D eigenvalue weighted by Gasteiger charge is 2.20. The van der Waals surface area contributed by atoms with Crippen LogP contribution in [0.15, 0.2) is 36.9 Å². The molecule has 0 amide bonds. The van der Waals surface area contributed by atoms with Gasteiger partial charge in [0.2, 0.25) is 0 Å². The Morgan fingerprint density at radius 1 is 1.33 bits per heavy atom. The predicted molar refractivity (Wildman–Crippen MR) is 70.8 cm³/mol. The van der Waals surface area contributed by atoms with Crippen LogP contribution in [0.1, 0.15) is 24.5 Å². The molecule has 4 nitrogen and oxygen atoms in total. The van der Waals surface area contributed by atoms with Gasteiger partial charge in [-0.25, -0.2) is 9.97 Å². The Morgan fingerprint density at radius 2 is 2.28 bits per heavy atom. The molecule has 1 aliphatic heterocycles. The van der Waals surface area contributed by atoms with Crippen LogP contribution >= 0.6 is 0 Å². The number of hydrogen-bond acceptors (Lipinski definition) is 3. The minimum atomic E-state index is 0.562. The van der Waals surface area contributed by atoms with Crippen molar-refractivity contribution in [1.82, 2.24) is 19.4 Å². The maximum absolute atomic E-state index is 4.77. The van der Waals surface area contributed by atoms with Crippen LogP contribution in [0.2, 0.25) is 0 Å². The summed E-state index contributed by atoms with van der Waals surface area (Å²) in [5, 5.41) is 0. The third kappa shape index (κ3) is 2.29. The smallest absolute Gasteiger partial charge is 0.138 e. The monoisotopic (exact) mass is 242 g/mol. The zero-order chi connectivity index (χ0) is 12.4. The number of aromatic nitrogens is 3. The fourth-order valence-electron chi connectivity index (χ4n) is 2.61. The van der Waals surface area contributed by atoms with Gasteiger partial charge in [0.15, 0.2) is 0 Å². The Balaban J connectivity index is 1.86. The highest BCUT2D eigenvalue weighted by Crippen LogP contribution is 2.25. The summed E-state index contributed by atoms with van der Waals surface area (Å²) in [5.41, 5.74) is 1.20. The minimum Gasteiger partial charge on any atom is -0.306 e. The highest BCUT2D eigenvalue weighted by atomic mass is 15.1. The van der Waals surface area contributed by atoms with Gasteiger partial charge in [0.25, 0.3) is 0 Å². The first-order chi connectivity index (χ1) is 8.83. The molecule has 1 saturated heterocycles. The van der Waals surface area contributed by atoms with Crippen LogP contribution in [0, 0.1) is 0 Å². The fraction of sp³-hybridized carbons (Fsp3) is 0.429. The predicted octanol–water partition coefficient (Wildman–Crippen LogP) is 2.08. The van der Waals surface area contributed by atoms with Crippen molar-refractivity contribution >= 4 is 0 Å². The average molecular weight is 242 g/mol. The van der Waals surface area contributed by atoms with Crippen molar-refractivity contribution in [3.8, 4) is 5.82 Å². The molecule has 3 heterocycles. The third-order valence-electron chi connectivity index (χ3n) is 3.57. The van der Waals surface area contributed by atoms with E-state index in [0.717, 1.165) is 12.4 Å². The second kappa shape index (κ2) is 4.90. The van der Waals surface area contributed by atoms with E-state index in [4.69, 9.17) is 4.98 Å². The molecule has 1 fully saturated rings. The van der Waals surface area contributed by atoms with E-state index in [9.17, 15) is 0 Å². The number of pyridine rings is 1. The topological polar surface area (TPSA) is 34.0 Å². The van der Waals surface area contributed by atoms with Gasteiger partial charge in [-0.2, -0.15) is 0 Å². The molecule has 2 aromatic heterocycles. The molecule has 0 aliphatic carbocycles. The number of hydrogen-bond donors (Lipinski definition) is 0. The van der Waals surface area contributed by atoms with E-state index in [1.807, 2.05) is 16.8 Å². The van der Waals surface area contributed by atoms with Gasteiger partial charge < -0.3 is 4.90 Å². The van der Waals surface area contributed by atoms with Gasteiger partial charge in [-0.1, -0.05) is 6.07 Å². The second-order valence-corrected chi connectivity index (χ2v) is 4.99. The maximum Gasteiger partial charge on any atom is 0.138 e. The molecule has 0 aromatic carbocycles. The van der Waals surface area contributed by atoms with Gasteiger partial charge in [-0.3, -0.25) is 4.57 Å². The number of likely N-dealkylation sites (tertiary alicyclic amines) is 1. The zero-order valence-electron chi connectivity index (χ0n) is 10.7. The van der Waals surface area contributed by atoms with Crippen molar-refractivity contribution in [1.29, 1.82) is 0 Å². The lowest BCUT2D eigenvalue weighted by molar-refractivity contribution is 0.248. The molecular formula is C14H18N4. The Bertz CT molecular complexity index is 506. The molecule has 1 aliphatic rings. The van der Waals surface area contributed by atoms with Gasteiger partial charge in [0.05, 0.1) is 0 Å². The summed E-state index contributed by atoms with van der Waals surface area (Å²) >= 11 is 0. The summed E-state index contributed by atoms with van der Waals surface area (Å²) in [7, 11) is 2.19. The third-order valence-corrected chi connectivity index (χ3v) is 3.57. The van der Waals surface area contributed by atoms with Crippen LogP contribution in [-0.4, -0.2) is 39.6 Å². The average Bonchev–Trinajstić information content (AvgIpc) is 2.93. The summed E-state index contributed by atoms with van der Waals surface area (Å²) in [4.78, 5) is 11.2. The fourth-order valence-corrected chi connectivity index (χ4v) is 2.61. The molecule has 0 bridgehead atoms. The first kappa shape index (κ1) is 11.4. The van der Waals surface area contributed by atoms with Gasteiger partial charge in [0, 0.05) is 30.6 Å². The van der Waals surface area contributed by atoms with Crippen molar-refractivity contribution in [2.75, 3.05) is 20.1 Å². The lowest BCUT2D eigenvalue weighted by Gasteiger charge is -2.29. The van der Waals surface area contributed by atoms with Crippen molar-refractivity contribution in [3.05, 3.63) is 42.6 Å². The summed E-state index contributed by atoms with van der Waals surface area (Å²) in [5.74, 6) is 1.52. The van der Waals surface area contributed by atoms with Crippen molar-refractivity contribution in [2.24, 2.45) is 0 Å². The molecule has 4 heteroatoms. The SMILES string of the molecule is CN1CCCC(c2cccc(-n3ccnc3)n2)C1. The van der Waals surface area contributed by atoms with Crippen molar-refractivity contribution in [3.63, 3.8) is 0 Å². The van der Waals surface area contributed by atoms with E-state index in [-0.39, 0.29) is 0 Å². The Labute approximate surface area is 107 Å². The molecule has 2 aromatic rings. The largest absolute Gasteiger partial charge is 0.306 e. The Morgan fingerprint density at radius 3 is 3.06 bits per heavy atom. The number of piperidine rings is 1. The number of nitrogens with zero attached hydrogens (tertiary/aromatic N) is 4. The van der Waals surface area contributed by atoms with Crippen LogP contribution in [0.3, 0.4) is 0 Å². The maximum atomic E-state index is 4.77. The molecule has 0 saturated carbocycles. The number of imidazole rings is 1. The second-order valence-electron chi connectivity index (χ2n) is 4.99. The van der Waals surface area contributed by atoms with E-state index in [1.54, 1.807) is 12.5 Å². The van der Waals surface area contributed by atoms with E-state index < -0.39 is 0 Å². The van der Waals surface area contributed by atoms with E-state index in [0.29, 0.717) is 5.92 Å². The first-order valence-corrected chi connectivity index (χ1v) is 6.47. The van der Waals surface area contributed by atoms with Crippen LogP contribution in [0.5, 0.6) is 0 Å². The molecule has 0 radical (unpaired) electrons. The van der Waals surface area contributed by atoms with Crippen LogP contribution in [0.4, 0.5) is 0 Å². The molecule has 1 unspecified atom stereocenters. The van der Waals surface area contributed by atoms with Crippen LogP contribution in [-0.2, 0) is 0 Å². The molecule has 3 rings (SSSR count). The first-order valence-electron chi connectivity index (χ1n) is 6.47. The number of rotatable bonds is 2. The molecule has 0 spiro atoms. The normalized spacial score (nSPS) is 21.1. The molecule has 1 atom stereocenters. The zero-order valence-corrected chi connectivity index (χ0v) is 10.7. The molecular weight excluding hydrogens is 224 g/mol. The van der Waals surface area contributed by atoms with Gasteiger partial charge >= 0.3 is 0 Å². The quantitative estimate of drug-likeness (QED) is 0.808. The van der Waals surface area contributed by atoms with E-state index in [1.165, 1.54) is 25.1 Å². The van der Waals surface area contributed by atoms with Gasteiger partial charge in [-0.15, -0.1) is 0 Å². The summed E-state index contributed by atoms with van der Waals surface area (Å²) < 4.78 is 1.95. The molecule has 0 N–H and O–H groups in total. The summed E-state index contributed by atoms with van der Waals surface area (Å²) in [6, 6.07) is 6.26. The highest BCUT2D eigenvalue weighted by molar-refractivity contribution is 5.26. The lowest BCUT2D eigenvalue weighted by atomic mass is 9.95. The van der Waals surface area contributed by atoms with Crippen LogP contribution < -0.4 is 0 Å². The summed E-state index contributed by atoms with van der Waals surface area (Å²) in [6.07, 6.45) is 8.00. The summed E-state index contributed by atoms with van der Waals surface area (Å²) in [6.45, 7) is 2.32. The van der Waals surface area contributed by atoms with Gasteiger partial charge in [0.1, 0.15) is 12.1 Å². The van der Waals surface area contributed by atoms with Crippen molar-refractivity contribution < 1.29 is 0 Å². The number of likely N-dealkylation sites (N-methyl/N-ethyl adjacent to an activating group) is 1. The Kier molecular flexibility index (Phi) is 3.11. The standard InChI is InChI=1S/C14H18N4/c1-17-8-3-4-12(10-17)13-5-2-6-14(16-13)18-9-7-15-11-18/h2,5-7,9,11-12H,3-4,8,10H2,1H3. The lowest BCUT2D eigenvalue weighted by Crippen LogP contribution is -2.31. The Hall–Kier alpha value is -1.68. The molecule has 94 valence electrons. The van der Waals surface area contributed by atoms with Crippen molar-refractivity contribution in [2.45, 2.75) is 18.8 Å². The molecule has 18 heavy (non-hydrogen) atoms. The van der Waals surface area contributed by atoms with E-state index >= 15 is 0 Å². The van der Waals surface area contributed by atoms with Crippen LogP contribution in [0.25, 0.3) is 5.82 Å².